The molecule has 0 atom stereocenters. The predicted molar refractivity (Wildman–Crippen MR) is 119 cm³/mol. The third kappa shape index (κ3) is 6.21. The Bertz CT molecular complexity index is 788. The fraction of sp³-hybridized carbons (Fsp3) is 0.591. The predicted octanol–water partition coefficient (Wildman–Crippen LogP) is 2.97. The summed E-state index contributed by atoms with van der Waals surface area (Å²) in [6, 6.07) is 6.65. The van der Waals surface area contributed by atoms with Crippen LogP contribution in [0.3, 0.4) is 0 Å². The minimum absolute atomic E-state index is 0.421. The number of hydrogen-bond donors (Lipinski definition) is 2. The molecule has 0 spiro atoms. The monoisotopic (exact) mass is 397 g/mol. The van der Waals surface area contributed by atoms with Crippen molar-refractivity contribution in [2.24, 2.45) is 10.9 Å². The Kier molecular flexibility index (Phi) is 7.49. The van der Waals surface area contributed by atoms with Crippen molar-refractivity contribution in [2.45, 2.75) is 59.7 Å². The van der Waals surface area contributed by atoms with E-state index in [-0.39, 0.29) is 0 Å². The van der Waals surface area contributed by atoms with Gasteiger partial charge < -0.3 is 20.1 Å². The number of aliphatic imine (C=N–C) groups is 1. The Morgan fingerprint density at radius 1 is 1.28 bits per heavy atom. The summed E-state index contributed by atoms with van der Waals surface area (Å²) in [5, 5.41) is 7.00. The molecule has 0 unspecified atom stereocenters. The van der Waals surface area contributed by atoms with E-state index in [0.717, 1.165) is 62.3 Å². The van der Waals surface area contributed by atoms with Crippen LogP contribution in [-0.2, 0) is 13.1 Å². The van der Waals surface area contributed by atoms with Gasteiger partial charge in [0.05, 0.1) is 0 Å². The number of hydrogen-bond acceptors (Lipinski definition) is 4. The third-order valence-corrected chi connectivity index (χ3v) is 5.12. The normalized spacial score (nSPS) is 15.8. The molecule has 1 aliphatic rings. The molecule has 29 heavy (non-hydrogen) atoms. The molecule has 3 heterocycles. The molecule has 0 saturated carbocycles. The minimum Gasteiger partial charge on any atom is -0.357 e. The number of aryl methyl sites for hydroxylation is 1. The first kappa shape index (κ1) is 21.1. The van der Waals surface area contributed by atoms with Crippen molar-refractivity contribution in [3.63, 3.8) is 0 Å². The highest BCUT2D eigenvalue weighted by Gasteiger charge is 2.21. The number of aromatic nitrogens is 3. The molecule has 2 aromatic rings. The molecule has 7 nitrogen and oxygen atoms in total. The molecule has 1 saturated heterocycles. The standard InChI is InChI=1S/C22H35N7/c1-5-23-22(25-15-21-24-11-14-29(21)16-17(2)3)27-19-9-12-28(13-10-19)20-8-6-7-18(4)26-20/h6-8,11,14,17,19H,5,9-10,12-13,15-16H2,1-4H3,(H2,23,25,27). The molecule has 0 amide bonds. The number of piperidine rings is 1. The van der Waals surface area contributed by atoms with Gasteiger partial charge in [0.1, 0.15) is 18.2 Å². The molecule has 0 aromatic carbocycles. The topological polar surface area (TPSA) is 70.4 Å². The van der Waals surface area contributed by atoms with Gasteiger partial charge in [0, 0.05) is 50.3 Å². The molecule has 0 aliphatic carbocycles. The molecule has 2 aromatic heterocycles. The zero-order valence-corrected chi connectivity index (χ0v) is 18.2. The summed E-state index contributed by atoms with van der Waals surface area (Å²) in [5.41, 5.74) is 1.07. The van der Waals surface area contributed by atoms with Gasteiger partial charge in [-0.15, -0.1) is 0 Å². The van der Waals surface area contributed by atoms with E-state index in [1.165, 1.54) is 0 Å². The lowest BCUT2D eigenvalue weighted by molar-refractivity contribution is 0.459. The number of imidazole rings is 1. The van der Waals surface area contributed by atoms with Gasteiger partial charge in [-0.05, 0) is 44.7 Å². The van der Waals surface area contributed by atoms with E-state index in [4.69, 9.17) is 4.99 Å². The lowest BCUT2D eigenvalue weighted by Gasteiger charge is -2.34. The largest absolute Gasteiger partial charge is 0.357 e. The molecular formula is C22H35N7. The molecule has 158 valence electrons. The van der Waals surface area contributed by atoms with Crippen LogP contribution in [0.5, 0.6) is 0 Å². The minimum atomic E-state index is 0.421. The second kappa shape index (κ2) is 10.3. The number of guanidine groups is 1. The first-order valence-corrected chi connectivity index (χ1v) is 10.8. The summed E-state index contributed by atoms with van der Waals surface area (Å²) in [6.07, 6.45) is 6.05. The Labute approximate surface area is 174 Å². The summed E-state index contributed by atoms with van der Waals surface area (Å²) >= 11 is 0. The fourth-order valence-corrected chi connectivity index (χ4v) is 3.67. The molecule has 1 fully saturated rings. The first-order chi connectivity index (χ1) is 14.0. The van der Waals surface area contributed by atoms with Crippen molar-refractivity contribution in [1.82, 2.24) is 25.2 Å². The maximum absolute atomic E-state index is 4.79. The van der Waals surface area contributed by atoms with Crippen LogP contribution in [0.25, 0.3) is 0 Å². The summed E-state index contributed by atoms with van der Waals surface area (Å²) in [5.74, 6) is 3.56. The number of nitrogens with zero attached hydrogens (tertiary/aromatic N) is 5. The Hall–Kier alpha value is -2.57. The highest BCUT2D eigenvalue weighted by atomic mass is 15.2. The van der Waals surface area contributed by atoms with Gasteiger partial charge in [-0.2, -0.15) is 0 Å². The summed E-state index contributed by atoms with van der Waals surface area (Å²) < 4.78 is 2.20. The SMILES string of the molecule is CCNC(=NCc1nccn1CC(C)C)NC1CCN(c2cccc(C)n2)CC1. The van der Waals surface area contributed by atoms with Gasteiger partial charge in [-0.3, -0.25) is 0 Å². The third-order valence-electron chi connectivity index (χ3n) is 5.12. The molecule has 0 bridgehead atoms. The number of anilines is 1. The molecule has 0 radical (unpaired) electrons. The molecule has 2 N–H and O–H groups in total. The second-order valence-corrected chi connectivity index (χ2v) is 8.13. The second-order valence-electron chi connectivity index (χ2n) is 8.13. The van der Waals surface area contributed by atoms with E-state index in [1.54, 1.807) is 0 Å². The van der Waals surface area contributed by atoms with Crippen LogP contribution >= 0.6 is 0 Å². The van der Waals surface area contributed by atoms with E-state index in [0.29, 0.717) is 18.5 Å². The van der Waals surface area contributed by atoms with Crippen LogP contribution in [0.2, 0.25) is 0 Å². The summed E-state index contributed by atoms with van der Waals surface area (Å²) in [4.78, 5) is 16.3. The molecule has 3 rings (SSSR count). The average molecular weight is 398 g/mol. The number of pyridine rings is 1. The Morgan fingerprint density at radius 3 is 2.76 bits per heavy atom. The van der Waals surface area contributed by atoms with Crippen LogP contribution in [0.4, 0.5) is 5.82 Å². The van der Waals surface area contributed by atoms with Crippen molar-refractivity contribution in [2.75, 3.05) is 24.5 Å². The van der Waals surface area contributed by atoms with E-state index < -0.39 is 0 Å². The maximum atomic E-state index is 4.79. The van der Waals surface area contributed by atoms with Crippen LogP contribution in [-0.4, -0.2) is 46.2 Å². The number of rotatable bonds is 7. The van der Waals surface area contributed by atoms with Crippen LogP contribution in [0.15, 0.2) is 35.6 Å². The zero-order valence-electron chi connectivity index (χ0n) is 18.2. The first-order valence-electron chi connectivity index (χ1n) is 10.8. The fourth-order valence-electron chi connectivity index (χ4n) is 3.67. The maximum Gasteiger partial charge on any atom is 0.191 e. The van der Waals surface area contributed by atoms with Crippen LogP contribution in [0, 0.1) is 12.8 Å². The van der Waals surface area contributed by atoms with Gasteiger partial charge >= 0.3 is 0 Å². The van der Waals surface area contributed by atoms with Crippen LogP contribution < -0.4 is 15.5 Å². The number of nitrogens with one attached hydrogen (secondary N) is 2. The quantitative estimate of drug-likeness (QED) is 0.555. The van der Waals surface area contributed by atoms with Crippen molar-refractivity contribution >= 4 is 11.8 Å². The molecule has 1 aliphatic heterocycles. The zero-order chi connectivity index (χ0) is 20.6. The molecule has 7 heteroatoms. The van der Waals surface area contributed by atoms with E-state index in [1.807, 2.05) is 25.4 Å². The van der Waals surface area contributed by atoms with Crippen LogP contribution in [0.1, 0.15) is 45.1 Å². The van der Waals surface area contributed by atoms with Crippen molar-refractivity contribution in [1.29, 1.82) is 0 Å². The smallest absolute Gasteiger partial charge is 0.191 e. The lowest BCUT2D eigenvalue weighted by Crippen LogP contribution is -2.49. The Morgan fingerprint density at radius 2 is 2.07 bits per heavy atom. The van der Waals surface area contributed by atoms with Crippen molar-refractivity contribution < 1.29 is 0 Å². The lowest BCUT2D eigenvalue weighted by atomic mass is 10.1. The van der Waals surface area contributed by atoms with Gasteiger partial charge in [0.25, 0.3) is 0 Å². The molecular weight excluding hydrogens is 362 g/mol. The van der Waals surface area contributed by atoms with Gasteiger partial charge in [-0.1, -0.05) is 19.9 Å². The van der Waals surface area contributed by atoms with Gasteiger partial charge in [-0.25, -0.2) is 15.0 Å². The summed E-state index contributed by atoms with van der Waals surface area (Å²) in [7, 11) is 0. The van der Waals surface area contributed by atoms with E-state index in [9.17, 15) is 0 Å². The highest BCUT2D eigenvalue weighted by molar-refractivity contribution is 5.80. The summed E-state index contributed by atoms with van der Waals surface area (Å²) in [6.45, 7) is 13.0. The Balaban J connectivity index is 1.56. The van der Waals surface area contributed by atoms with E-state index >= 15 is 0 Å². The van der Waals surface area contributed by atoms with Crippen molar-refractivity contribution in [3.8, 4) is 0 Å². The highest BCUT2D eigenvalue weighted by Crippen LogP contribution is 2.18. The van der Waals surface area contributed by atoms with Crippen molar-refractivity contribution in [3.05, 3.63) is 42.1 Å². The average Bonchev–Trinajstić information content (AvgIpc) is 3.13. The van der Waals surface area contributed by atoms with E-state index in [2.05, 4.69) is 63.0 Å². The van der Waals surface area contributed by atoms with Gasteiger partial charge in [0.15, 0.2) is 5.96 Å². The van der Waals surface area contributed by atoms with Gasteiger partial charge in [0.2, 0.25) is 0 Å².